The van der Waals surface area contributed by atoms with Crippen LogP contribution in [0.3, 0.4) is 0 Å². The van der Waals surface area contributed by atoms with Gasteiger partial charge in [-0.1, -0.05) is 62.4 Å². The van der Waals surface area contributed by atoms with Gasteiger partial charge in [0.2, 0.25) is 11.7 Å². The largest absolute Gasteiger partial charge is 0.347 e. The van der Waals surface area contributed by atoms with Gasteiger partial charge in [-0.15, -0.1) is 0 Å². The zero-order valence-electron chi connectivity index (χ0n) is 16.3. The number of unbranched alkanes of at least 4 members (excludes halogenated alkanes) is 5. The van der Waals surface area contributed by atoms with E-state index in [-0.39, 0.29) is 6.04 Å². The van der Waals surface area contributed by atoms with E-state index in [1.807, 2.05) is 0 Å². The predicted octanol–water partition coefficient (Wildman–Crippen LogP) is 5.48. The molecule has 2 aromatic heterocycles. The van der Waals surface area contributed by atoms with Gasteiger partial charge in [0.1, 0.15) is 0 Å². The van der Waals surface area contributed by atoms with Gasteiger partial charge in [0.15, 0.2) is 0 Å². The van der Waals surface area contributed by atoms with Gasteiger partial charge in [-0.05, 0) is 31.9 Å². The van der Waals surface area contributed by atoms with Crippen molar-refractivity contribution >= 4 is 10.9 Å². The summed E-state index contributed by atoms with van der Waals surface area (Å²) in [5, 5.41) is 8.92. The van der Waals surface area contributed by atoms with Crippen LogP contribution in [0, 0.1) is 0 Å². The summed E-state index contributed by atoms with van der Waals surface area (Å²) < 4.78 is 7.92. The first-order valence-electron chi connectivity index (χ1n) is 10.5. The van der Waals surface area contributed by atoms with Crippen molar-refractivity contribution in [3.8, 4) is 11.4 Å². The normalized spacial score (nSPS) is 17.1. The summed E-state index contributed by atoms with van der Waals surface area (Å²) in [5.41, 5.74) is 2.33. The van der Waals surface area contributed by atoms with Crippen molar-refractivity contribution in [3.05, 3.63) is 36.4 Å². The van der Waals surface area contributed by atoms with Gasteiger partial charge in [0, 0.05) is 29.2 Å². The van der Waals surface area contributed by atoms with Crippen LogP contribution in [0.5, 0.6) is 0 Å². The quantitative estimate of drug-likeness (QED) is 0.510. The third kappa shape index (κ3) is 4.08. The number of para-hydroxylation sites is 1. The molecule has 5 heteroatoms. The van der Waals surface area contributed by atoms with Crippen molar-refractivity contribution in [1.29, 1.82) is 0 Å². The number of fused-ring (bicyclic) bond motifs is 1. The Morgan fingerprint density at radius 1 is 1.15 bits per heavy atom. The molecule has 27 heavy (non-hydrogen) atoms. The van der Waals surface area contributed by atoms with Gasteiger partial charge in [-0.3, -0.25) is 0 Å². The van der Waals surface area contributed by atoms with Gasteiger partial charge >= 0.3 is 0 Å². The lowest BCUT2D eigenvalue weighted by Crippen LogP contribution is -2.12. The first-order chi connectivity index (χ1) is 13.4. The van der Waals surface area contributed by atoms with Gasteiger partial charge in [-0.2, -0.15) is 4.98 Å². The molecule has 1 N–H and O–H groups in total. The van der Waals surface area contributed by atoms with Crippen LogP contribution >= 0.6 is 0 Å². The maximum atomic E-state index is 5.56. The molecule has 4 rings (SSSR count). The molecule has 3 aromatic rings. The second-order valence-electron chi connectivity index (χ2n) is 7.63. The van der Waals surface area contributed by atoms with E-state index < -0.39 is 0 Å². The van der Waals surface area contributed by atoms with E-state index in [1.165, 1.54) is 55.8 Å². The lowest BCUT2D eigenvalue weighted by molar-refractivity contribution is 0.345. The van der Waals surface area contributed by atoms with Crippen LogP contribution in [0.1, 0.15) is 70.2 Å². The zero-order chi connectivity index (χ0) is 18.5. The molecule has 0 spiro atoms. The Hall–Kier alpha value is -2.14. The second-order valence-corrected chi connectivity index (χ2v) is 7.63. The average molecular weight is 367 g/mol. The Morgan fingerprint density at radius 3 is 2.85 bits per heavy atom. The van der Waals surface area contributed by atoms with Crippen molar-refractivity contribution < 1.29 is 4.52 Å². The van der Waals surface area contributed by atoms with E-state index in [1.54, 1.807) is 0 Å². The molecular formula is C22H30N4O. The van der Waals surface area contributed by atoms with E-state index in [0.29, 0.717) is 5.82 Å². The minimum absolute atomic E-state index is 0.211. The number of nitrogens with zero attached hydrogens (tertiary/aromatic N) is 3. The molecule has 1 unspecified atom stereocenters. The van der Waals surface area contributed by atoms with Crippen molar-refractivity contribution in [1.82, 2.24) is 20.0 Å². The molecule has 0 aliphatic carbocycles. The summed E-state index contributed by atoms with van der Waals surface area (Å²) in [6.45, 7) is 4.33. The highest BCUT2D eigenvalue weighted by molar-refractivity contribution is 5.94. The number of rotatable bonds is 9. The summed E-state index contributed by atoms with van der Waals surface area (Å²) in [4.78, 5) is 4.70. The molecule has 3 heterocycles. The number of hydrogen-bond donors (Lipinski definition) is 1. The molecule has 0 bridgehead atoms. The highest BCUT2D eigenvalue weighted by Crippen LogP contribution is 2.31. The third-order valence-corrected chi connectivity index (χ3v) is 5.58. The Balaban J connectivity index is 1.51. The van der Waals surface area contributed by atoms with Crippen molar-refractivity contribution in [3.63, 3.8) is 0 Å². The van der Waals surface area contributed by atoms with Crippen LogP contribution in [-0.2, 0) is 6.54 Å². The van der Waals surface area contributed by atoms with Crippen molar-refractivity contribution in [2.75, 3.05) is 6.54 Å². The summed E-state index contributed by atoms with van der Waals surface area (Å²) >= 11 is 0. The molecule has 1 aromatic carbocycles. The van der Waals surface area contributed by atoms with Crippen LogP contribution in [0.4, 0.5) is 0 Å². The Kier molecular flexibility index (Phi) is 5.87. The van der Waals surface area contributed by atoms with E-state index in [2.05, 4.69) is 52.4 Å². The molecule has 0 amide bonds. The fourth-order valence-corrected chi connectivity index (χ4v) is 4.05. The molecule has 1 fully saturated rings. The van der Waals surface area contributed by atoms with Gasteiger partial charge in [0.05, 0.1) is 6.04 Å². The lowest BCUT2D eigenvalue weighted by atomic mass is 10.1. The fourth-order valence-electron chi connectivity index (χ4n) is 4.05. The summed E-state index contributed by atoms with van der Waals surface area (Å²) in [6.07, 6.45) is 12.3. The third-order valence-electron chi connectivity index (χ3n) is 5.58. The standard InChI is InChI=1S/C22H30N4O/c1-2-3-4-5-6-9-15-26-16-18(17-11-7-8-13-20(17)26)21-24-22(27-25-21)19-12-10-14-23-19/h7-8,11,13,16,19,23H,2-6,9-10,12,14-15H2,1H3. The minimum atomic E-state index is 0.211. The summed E-state index contributed by atoms with van der Waals surface area (Å²) in [5.74, 6) is 1.42. The number of aromatic nitrogens is 3. The molecule has 1 aliphatic heterocycles. The van der Waals surface area contributed by atoms with Crippen LogP contribution in [0.25, 0.3) is 22.3 Å². The van der Waals surface area contributed by atoms with Crippen LogP contribution < -0.4 is 5.32 Å². The van der Waals surface area contributed by atoms with Crippen LogP contribution in [0.2, 0.25) is 0 Å². The minimum Gasteiger partial charge on any atom is -0.347 e. The molecule has 0 radical (unpaired) electrons. The van der Waals surface area contributed by atoms with Gasteiger partial charge in [0.25, 0.3) is 0 Å². The zero-order valence-corrected chi connectivity index (χ0v) is 16.3. The van der Waals surface area contributed by atoms with Crippen molar-refractivity contribution in [2.45, 2.75) is 70.9 Å². The lowest BCUT2D eigenvalue weighted by Gasteiger charge is -2.05. The number of hydrogen-bond acceptors (Lipinski definition) is 4. The average Bonchev–Trinajstić information content (AvgIpc) is 3.44. The van der Waals surface area contributed by atoms with E-state index in [0.717, 1.165) is 31.0 Å². The number of nitrogens with one attached hydrogen (secondary N) is 1. The maximum Gasteiger partial charge on any atom is 0.244 e. The molecule has 144 valence electrons. The molecule has 0 saturated carbocycles. The van der Waals surface area contributed by atoms with Crippen LogP contribution in [0.15, 0.2) is 35.0 Å². The Bertz CT molecular complexity index is 860. The van der Waals surface area contributed by atoms with E-state index >= 15 is 0 Å². The molecule has 1 saturated heterocycles. The Labute approximate surface area is 161 Å². The van der Waals surface area contributed by atoms with Crippen molar-refractivity contribution in [2.24, 2.45) is 0 Å². The number of aryl methyl sites for hydroxylation is 1. The smallest absolute Gasteiger partial charge is 0.244 e. The maximum absolute atomic E-state index is 5.56. The molecule has 5 nitrogen and oxygen atoms in total. The highest BCUT2D eigenvalue weighted by atomic mass is 16.5. The summed E-state index contributed by atoms with van der Waals surface area (Å²) in [7, 11) is 0. The Morgan fingerprint density at radius 2 is 2.00 bits per heavy atom. The molecule has 1 atom stereocenters. The van der Waals surface area contributed by atoms with Gasteiger partial charge < -0.3 is 14.4 Å². The first-order valence-corrected chi connectivity index (χ1v) is 10.5. The topological polar surface area (TPSA) is 55.9 Å². The first kappa shape index (κ1) is 18.2. The monoisotopic (exact) mass is 366 g/mol. The van der Waals surface area contributed by atoms with E-state index in [4.69, 9.17) is 9.51 Å². The van der Waals surface area contributed by atoms with Gasteiger partial charge in [-0.25, -0.2) is 0 Å². The number of benzene rings is 1. The fraction of sp³-hybridized carbons (Fsp3) is 0.545. The highest BCUT2D eigenvalue weighted by Gasteiger charge is 2.23. The van der Waals surface area contributed by atoms with Crippen LogP contribution in [-0.4, -0.2) is 21.3 Å². The molecular weight excluding hydrogens is 336 g/mol. The molecule has 1 aliphatic rings. The van der Waals surface area contributed by atoms with E-state index in [9.17, 15) is 0 Å². The SMILES string of the molecule is CCCCCCCCn1cc(-c2noc(C3CCCN3)n2)c2ccccc21. The summed E-state index contributed by atoms with van der Waals surface area (Å²) in [6, 6.07) is 8.75. The second kappa shape index (κ2) is 8.70. The predicted molar refractivity (Wildman–Crippen MR) is 109 cm³/mol.